The smallest absolute Gasteiger partial charge is 0.255 e. The zero-order valence-corrected chi connectivity index (χ0v) is 16.6. The zero-order chi connectivity index (χ0) is 19.7. The number of piperazine rings is 1. The summed E-state index contributed by atoms with van der Waals surface area (Å²) in [6, 6.07) is 13.7. The fourth-order valence-electron chi connectivity index (χ4n) is 3.79. The lowest BCUT2D eigenvalue weighted by atomic mass is 10.1. The quantitative estimate of drug-likeness (QED) is 0.886. The number of carbonyl (C=O) groups excluding carboxylic acids is 2. The van der Waals surface area contributed by atoms with Crippen molar-refractivity contribution in [2.75, 3.05) is 36.4 Å². The van der Waals surface area contributed by atoms with Gasteiger partial charge in [0.15, 0.2) is 0 Å². The van der Waals surface area contributed by atoms with Gasteiger partial charge in [-0.3, -0.25) is 9.59 Å². The molecule has 146 valence electrons. The highest BCUT2D eigenvalue weighted by Crippen LogP contribution is 2.31. The SMILES string of the molecule is Cc1cccc(C)c1NC(=O)c1ccc(N2CCN(C(=O)C3CC3)CC2)cc1. The second kappa shape index (κ2) is 7.66. The molecule has 0 radical (unpaired) electrons. The average molecular weight is 377 g/mol. The third-order valence-electron chi connectivity index (χ3n) is 5.73. The van der Waals surface area contributed by atoms with Crippen molar-refractivity contribution in [1.82, 2.24) is 4.90 Å². The summed E-state index contributed by atoms with van der Waals surface area (Å²) in [6.07, 6.45) is 2.12. The highest BCUT2D eigenvalue weighted by atomic mass is 16.2. The first-order valence-corrected chi connectivity index (χ1v) is 10.0. The molecule has 2 fully saturated rings. The first-order valence-electron chi connectivity index (χ1n) is 10.0. The van der Waals surface area contributed by atoms with Crippen molar-refractivity contribution in [3.05, 3.63) is 59.2 Å². The lowest BCUT2D eigenvalue weighted by Gasteiger charge is -2.36. The van der Waals surface area contributed by atoms with Crippen LogP contribution in [0.3, 0.4) is 0 Å². The number of nitrogens with zero attached hydrogens (tertiary/aromatic N) is 2. The van der Waals surface area contributed by atoms with Crippen LogP contribution in [-0.2, 0) is 4.79 Å². The Balaban J connectivity index is 1.37. The Morgan fingerprint density at radius 1 is 0.893 bits per heavy atom. The molecule has 1 saturated carbocycles. The van der Waals surface area contributed by atoms with E-state index in [0.29, 0.717) is 17.4 Å². The van der Waals surface area contributed by atoms with Crippen LogP contribution in [0.1, 0.15) is 34.3 Å². The highest BCUT2D eigenvalue weighted by molar-refractivity contribution is 6.05. The summed E-state index contributed by atoms with van der Waals surface area (Å²) in [4.78, 5) is 29.1. The Morgan fingerprint density at radius 3 is 2.07 bits per heavy atom. The van der Waals surface area contributed by atoms with Crippen LogP contribution in [0.4, 0.5) is 11.4 Å². The van der Waals surface area contributed by atoms with E-state index in [4.69, 9.17) is 0 Å². The third kappa shape index (κ3) is 3.88. The molecular weight excluding hydrogens is 350 g/mol. The van der Waals surface area contributed by atoms with Crippen molar-refractivity contribution >= 4 is 23.2 Å². The number of aryl methyl sites for hydroxylation is 2. The normalized spacial score (nSPS) is 16.8. The minimum Gasteiger partial charge on any atom is -0.368 e. The van der Waals surface area contributed by atoms with E-state index in [1.165, 1.54) is 0 Å². The number of anilines is 2. The summed E-state index contributed by atoms with van der Waals surface area (Å²) in [5, 5.41) is 3.03. The number of carbonyl (C=O) groups is 2. The van der Waals surface area contributed by atoms with Gasteiger partial charge in [0.1, 0.15) is 0 Å². The predicted octanol–water partition coefficient (Wildman–Crippen LogP) is 3.61. The van der Waals surface area contributed by atoms with Gasteiger partial charge in [-0.05, 0) is 62.1 Å². The number of rotatable bonds is 4. The first-order chi connectivity index (χ1) is 13.5. The maximum Gasteiger partial charge on any atom is 0.255 e. The monoisotopic (exact) mass is 377 g/mol. The largest absolute Gasteiger partial charge is 0.368 e. The molecule has 2 aromatic rings. The van der Waals surface area contributed by atoms with Gasteiger partial charge in [0, 0.05) is 49.0 Å². The van der Waals surface area contributed by atoms with Gasteiger partial charge >= 0.3 is 0 Å². The second-order valence-corrected chi connectivity index (χ2v) is 7.85. The molecule has 1 aliphatic heterocycles. The number of amides is 2. The molecule has 1 saturated heterocycles. The van der Waals surface area contributed by atoms with Crippen LogP contribution in [0.2, 0.25) is 0 Å². The van der Waals surface area contributed by atoms with Crippen LogP contribution in [-0.4, -0.2) is 42.9 Å². The summed E-state index contributed by atoms with van der Waals surface area (Å²) < 4.78 is 0. The van der Waals surface area contributed by atoms with E-state index in [2.05, 4.69) is 10.2 Å². The average Bonchev–Trinajstić information content (AvgIpc) is 3.56. The molecule has 1 aliphatic carbocycles. The highest BCUT2D eigenvalue weighted by Gasteiger charge is 2.34. The molecule has 2 aliphatic rings. The number of hydrogen-bond donors (Lipinski definition) is 1. The van der Waals surface area contributed by atoms with Gasteiger partial charge in [-0.2, -0.15) is 0 Å². The van der Waals surface area contributed by atoms with Crippen LogP contribution >= 0.6 is 0 Å². The van der Waals surface area contributed by atoms with Crippen LogP contribution < -0.4 is 10.2 Å². The molecule has 28 heavy (non-hydrogen) atoms. The molecule has 4 rings (SSSR count). The Morgan fingerprint density at radius 2 is 1.50 bits per heavy atom. The Bertz CT molecular complexity index is 859. The van der Waals surface area contributed by atoms with Crippen LogP contribution in [0.5, 0.6) is 0 Å². The maximum absolute atomic E-state index is 12.6. The second-order valence-electron chi connectivity index (χ2n) is 7.85. The predicted molar refractivity (Wildman–Crippen MR) is 112 cm³/mol. The molecule has 5 heteroatoms. The summed E-state index contributed by atoms with van der Waals surface area (Å²) in [5.41, 5.74) is 4.75. The molecule has 0 spiro atoms. The van der Waals surface area contributed by atoms with Gasteiger partial charge < -0.3 is 15.1 Å². The third-order valence-corrected chi connectivity index (χ3v) is 5.73. The molecule has 1 heterocycles. The molecule has 0 aromatic heterocycles. The van der Waals surface area contributed by atoms with E-state index in [1.807, 2.05) is 61.2 Å². The molecule has 1 N–H and O–H groups in total. The summed E-state index contributed by atoms with van der Waals surface area (Å²) in [7, 11) is 0. The zero-order valence-electron chi connectivity index (χ0n) is 16.6. The van der Waals surface area contributed by atoms with Crippen molar-refractivity contribution < 1.29 is 9.59 Å². The van der Waals surface area contributed by atoms with Gasteiger partial charge in [-0.15, -0.1) is 0 Å². The Hall–Kier alpha value is -2.82. The standard InChI is InChI=1S/C23H27N3O2/c1-16-4-3-5-17(2)21(16)24-22(27)18-8-10-20(11-9-18)25-12-14-26(15-13-25)23(28)19-6-7-19/h3-5,8-11,19H,6-7,12-15H2,1-2H3,(H,24,27). The topological polar surface area (TPSA) is 52.7 Å². The fourth-order valence-corrected chi connectivity index (χ4v) is 3.79. The van der Waals surface area contributed by atoms with Gasteiger partial charge in [0.05, 0.1) is 0 Å². The van der Waals surface area contributed by atoms with E-state index in [1.54, 1.807) is 0 Å². The van der Waals surface area contributed by atoms with E-state index >= 15 is 0 Å². The van der Waals surface area contributed by atoms with Crippen LogP contribution in [0.15, 0.2) is 42.5 Å². The van der Waals surface area contributed by atoms with E-state index in [9.17, 15) is 9.59 Å². The molecule has 0 atom stereocenters. The van der Waals surface area contributed by atoms with E-state index < -0.39 is 0 Å². The summed E-state index contributed by atoms with van der Waals surface area (Å²) in [5.74, 6) is 0.531. The van der Waals surface area contributed by atoms with Gasteiger partial charge in [-0.25, -0.2) is 0 Å². The number of nitrogens with one attached hydrogen (secondary N) is 1. The van der Waals surface area contributed by atoms with Crippen LogP contribution in [0.25, 0.3) is 0 Å². The van der Waals surface area contributed by atoms with Crippen molar-refractivity contribution in [3.63, 3.8) is 0 Å². The van der Waals surface area contributed by atoms with Crippen molar-refractivity contribution in [2.24, 2.45) is 5.92 Å². The number of benzene rings is 2. The minimum atomic E-state index is -0.0937. The summed E-state index contributed by atoms with van der Waals surface area (Å²) in [6.45, 7) is 7.24. The maximum atomic E-state index is 12.6. The lowest BCUT2D eigenvalue weighted by molar-refractivity contribution is -0.132. The Kier molecular flexibility index (Phi) is 5.07. The molecule has 2 aromatic carbocycles. The minimum absolute atomic E-state index is 0.0937. The van der Waals surface area contributed by atoms with E-state index in [-0.39, 0.29) is 5.91 Å². The lowest BCUT2D eigenvalue weighted by Crippen LogP contribution is -2.49. The van der Waals surface area contributed by atoms with Crippen LogP contribution in [0, 0.1) is 19.8 Å². The van der Waals surface area contributed by atoms with Crippen molar-refractivity contribution in [1.29, 1.82) is 0 Å². The molecule has 5 nitrogen and oxygen atoms in total. The molecule has 2 amide bonds. The first kappa shape index (κ1) is 18.5. The molecule has 0 bridgehead atoms. The molecule has 0 unspecified atom stereocenters. The van der Waals surface area contributed by atoms with Crippen molar-refractivity contribution in [2.45, 2.75) is 26.7 Å². The molecular formula is C23H27N3O2. The van der Waals surface area contributed by atoms with Gasteiger partial charge in [0.25, 0.3) is 5.91 Å². The van der Waals surface area contributed by atoms with Crippen molar-refractivity contribution in [3.8, 4) is 0 Å². The number of para-hydroxylation sites is 1. The van der Waals surface area contributed by atoms with E-state index in [0.717, 1.165) is 61.5 Å². The summed E-state index contributed by atoms with van der Waals surface area (Å²) >= 11 is 0. The van der Waals surface area contributed by atoms with Gasteiger partial charge in [0.2, 0.25) is 5.91 Å². The number of hydrogen-bond acceptors (Lipinski definition) is 3. The van der Waals surface area contributed by atoms with Gasteiger partial charge in [-0.1, -0.05) is 18.2 Å². The Labute approximate surface area is 166 Å². The fraction of sp³-hybridized carbons (Fsp3) is 0.391.